The number of thioether (sulfide) groups is 2. The zero-order valence-electron chi connectivity index (χ0n) is 10.2. The van der Waals surface area contributed by atoms with Gasteiger partial charge in [0.2, 0.25) is 0 Å². The number of carboxylic acids is 1. The lowest BCUT2D eigenvalue weighted by Gasteiger charge is -2.38. The highest BCUT2D eigenvalue weighted by molar-refractivity contribution is 8.01. The highest BCUT2D eigenvalue weighted by Crippen LogP contribution is 2.42. The zero-order valence-corrected chi connectivity index (χ0v) is 11.8. The van der Waals surface area contributed by atoms with E-state index in [0.717, 1.165) is 31.6 Å². The van der Waals surface area contributed by atoms with Gasteiger partial charge in [0.25, 0.3) is 0 Å². The maximum Gasteiger partial charge on any atom is 0.316 e. The predicted octanol–water partition coefficient (Wildman–Crippen LogP) is 2.64. The molecule has 98 valence electrons. The zero-order chi connectivity index (χ0) is 12.3. The Morgan fingerprint density at radius 1 is 1.71 bits per heavy atom. The van der Waals surface area contributed by atoms with E-state index in [4.69, 9.17) is 9.84 Å². The Balaban J connectivity index is 1.90. The molecule has 0 aromatic rings. The predicted molar refractivity (Wildman–Crippen MR) is 73.0 cm³/mol. The summed E-state index contributed by atoms with van der Waals surface area (Å²) in [5.74, 6) is 1.61. The summed E-state index contributed by atoms with van der Waals surface area (Å²) >= 11 is 3.61. The van der Waals surface area contributed by atoms with E-state index >= 15 is 0 Å². The lowest BCUT2D eigenvalue weighted by molar-refractivity contribution is -0.136. The van der Waals surface area contributed by atoms with Gasteiger partial charge in [0.05, 0.1) is 5.60 Å². The van der Waals surface area contributed by atoms with Gasteiger partial charge in [0.1, 0.15) is 5.25 Å². The van der Waals surface area contributed by atoms with Crippen molar-refractivity contribution in [2.24, 2.45) is 0 Å². The van der Waals surface area contributed by atoms with Crippen LogP contribution >= 0.6 is 23.5 Å². The van der Waals surface area contributed by atoms with Gasteiger partial charge in [-0.1, -0.05) is 6.92 Å². The van der Waals surface area contributed by atoms with Crippen molar-refractivity contribution in [1.82, 2.24) is 0 Å². The van der Waals surface area contributed by atoms with Crippen molar-refractivity contribution in [3.63, 3.8) is 0 Å². The number of aliphatic carboxylic acids is 1. The van der Waals surface area contributed by atoms with E-state index in [1.165, 1.54) is 5.75 Å². The molecule has 0 bridgehead atoms. The van der Waals surface area contributed by atoms with Gasteiger partial charge in [0, 0.05) is 17.6 Å². The molecule has 2 rings (SSSR count). The fourth-order valence-electron chi connectivity index (χ4n) is 2.52. The molecule has 0 amide bonds. The third-order valence-electron chi connectivity index (χ3n) is 3.52. The molecule has 2 saturated heterocycles. The molecule has 1 spiro atoms. The molecule has 5 heteroatoms. The molecule has 2 fully saturated rings. The Morgan fingerprint density at radius 3 is 3.12 bits per heavy atom. The molecule has 2 aliphatic rings. The molecule has 3 nitrogen and oxygen atoms in total. The summed E-state index contributed by atoms with van der Waals surface area (Å²) in [6.07, 6.45) is 3.88. The lowest BCUT2D eigenvalue weighted by Crippen LogP contribution is -2.41. The molecule has 3 unspecified atom stereocenters. The number of rotatable bonds is 4. The van der Waals surface area contributed by atoms with Crippen LogP contribution in [0.3, 0.4) is 0 Å². The van der Waals surface area contributed by atoms with Crippen LogP contribution in [0.15, 0.2) is 0 Å². The quantitative estimate of drug-likeness (QED) is 0.855. The maximum atomic E-state index is 11.1. The summed E-state index contributed by atoms with van der Waals surface area (Å²) in [5, 5.41) is 9.32. The van der Waals surface area contributed by atoms with Crippen LogP contribution in [0.25, 0.3) is 0 Å². The molecule has 0 aromatic heterocycles. The fraction of sp³-hybridized carbons (Fsp3) is 0.917. The molecule has 1 N–H and O–H groups in total. The number of hydrogen-bond donors (Lipinski definition) is 1. The van der Waals surface area contributed by atoms with E-state index < -0.39 is 5.97 Å². The van der Waals surface area contributed by atoms with Crippen LogP contribution in [-0.2, 0) is 9.53 Å². The van der Waals surface area contributed by atoms with Gasteiger partial charge in [-0.2, -0.15) is 11.8 Å². The molecule has 0 aliphatic carbocycles. The molecular weight excluding hydrogens is 256 g/mol. The van der Waals surface area contributed by atoms with E-state index in [1.807, 2.05) is 18.7 Å². The van der Waals surface area contributed by atoms with Crippen molar-refractivity contribution in [1.29, 1.82) is 0 Å². The number of carboxylic acid groups (broad SMARTS) is 1. The van der Waals surface area contributed by atoms with Crippen molar-refractivity contribution in [3.05, 3.63) is 0 Å². The van der Waals surface area contributed by atoms with Gasteiger partial charge in [-0.05, 0) is 31.4 Å². The lowest BCUT2D eigenvalue weighted by atomic mass is 9.93. The second-order valence-electron chi connectivity index (χ2n) is 4.82. The minimum atomic E-state index is -0.668. The van der Waals surface area contributed by atoms with E-state index in [9.17, 15) is 4.79 Å². The van der Waals surface area contributed by atoms with Crippen LogP contribution in [0.1, 0.15) is 32.6 Å². The topological polar surface area (TPSA) is 46.5 Å². The molecule has 3 atom stereocenters. The highest BCUT2D eigenvalue weighted by atomic mass is 32.2. The third kappa shape index (κ3) is 3.32. The summed E-state index contributed by atoms with van der Waals surface area (Å²) < 4.78 is 5.95. The second kappa shape index (κ2) is 5.85. The average molecular weight is 276 g/mol. The standard InChI is InChI=1S/C12H20O3S2/c1-2-10(11(13)14)17-9-3-5-15-12(7-9)4-6-16-8-12/h9-10H,2-8H2,1H3,(H,13,14). The SMILES string of the molecule is CCC(SC1CCOC2(CCSC2)C1)C(=O)O. The van der Waals surface area contributed by atoms with Crippen LogP contribution in [0, 0.1) is 0 Å². The average Bonchev–Trinajstić information content (AvgIpc) is 2.74. The molecule has 17 heavy (non-hydrogen) atoms. The van der Waals surface area contributed by atoms with Gasteiger partial charge in [-0.15, -0.1) is 11.8 Å². The van der Waals surface area contributed by atoms with Crippen LogP contribution in [0.5, 0.6) is 0 Å². The van der Waals surface area contributed by atoms with Crippen LogP contribution in [-0.4, -0.2) is 45.3 Å². The minimum absolute atomic E-state index is 0.0668. The molecule has 0 aromatic carbocycles. The third-order valence-corrected chi connectivity index (χ3v) is 6.39. The normalized spacial score (nSPS) is 35.0. The van der Waals surface area contributed by atoms with Gasteiger partial charge in [-0.3, -0.25) is 4.79 Å². The first kappa shape index (κ1) is 13.6. The van der Waals surface area contributed by atoms with Crippen molar-refractivity contribution in [3.8, 4) is 0 Å². The van der Waals surface area contributed by atoms with Crippen molar-refractivity contribution < 1.29 is 14.6 Å². The Bertz CT molecular complexity index is 277. The number of hydrogen-bond acceptors (Lipinski definition) is 4. The summed E-state index contributed by atoms with van der Waals surface area (Å²) in [5.41, 5.74) is 0.0668. The second-order valence-corrected chi connectivity index (χ2v) is 7.43. The van der Waals surface area contributed by atoms with E-state index in [2.05, 4.69) is 0 Å². The highest BCUT2D eigenvalue weighted by Gasteiger charge is 2.41. The summed E-state index contributed by atoms with van der Waals surface area (Å²) in [7, 11) is 0. The van der Waals surface area contributed by atoms with Crippen LogP contribution in [0.2, 0.25) is 0 Å². The van der Waals surface area contributed by atoms with Crippen molar-refractivity contribution >= 4 is 29.5 Å². The Kier molecular flexibility index (Phi) is 4.66. The van der Waals surface area contributed by atoms with Gasteiger partial charge in [-0.25, -0.2) is 0 Å². The van der Waals surface area contributed by atoms with Crippen LogP contribution in [0.4, 0.5) is 0 Å². The first-order valence-electron chi connectivity index (χ1n) is 6.25. The van der Waals surface area contributed by atoms with Gasteiger partial charge >= 0.3 is 5.97 Å². The summed E-state index contributed by atoms with van der Waals surface area (Å²) in [6.45, 7) is 2.75. The Morgan fingerprint density at radius 2 is 2.53 bits per heavy atom. The number of carbonyl (C=O) groups is 1. The van der Waals surface area contributed by atoms with E-state index in [-0.39, 0.29) is 10.9 Å². The first-order chi connectivity index (χ1) is 8.15. The monoisotopic (exact) mass is 276 g/mol. The van der Waals surface area contributed by atoms with Crippen molar-refractivity contribution in [2.45, 2.75) is 48.7 Å². The van der Waals surface area contributed by atoms with E-state index in [0.29, 0.717) is 11.7 Å². The minimum Gasteiger partial charge on any atom is -0.480 e. The van der Waals surface area contributed by atoms with Crippen LogP contribution < -0.4 is 0 Å². The largest absolute Gasteiger partial charge is 0.480 e. The molecule has 0 saturated carbocycles. The van der Waals surface area contributed by atoms with Gasteiger partial charge < -0.3 is 9.84 Å². The Hall–Kier alpha value is 0.130. The maximum absolute atomic E-state index is 11.1. The summed E-state index contributed by atoms with van der Waals surface area (Å²) in [6, 6.07) is 0. The molecule has 0 radical (unpaired) electrons. The number of ether oxygens (including phenoxy) is 1. The van der Waals surface area contributed by atoms with Crippen molar-refractivity contribution in [2.75, 3.05) is 18.1 Å². The molecule has 2 aliphatic heterocycles. The Labute approximate surface area is 111 Å². The fourth-order valence-corrected chi connectivity index (χ4v) is 5.31. The first-order valence-corrected chi connectivity index (χ1v) is 8.35. The van der Waals surface area contributed by atoms with E-state index in [1.54, 1.807) is 11.8 Å². The molecule has 2 heterocycles. The smallest absolute Gasteiger partial charge is 0.316 e. The summed E-state index contributed by atoms with van der Waals surface area (Å²) in [4.78, 5) is 11.1. The van der Waals surface area contributed by atoms with Gasteiger partial charge in [0.15, 0.2) is 0 Å². The molecular formula is C12H20O3S2.